The number of aliphatic hydroxyl groups excluding tert-OH is 1. The van der Waals surface area contributed by atoms with Gasteiger partial charge in [-0.3, -0.25) is 0 Å². The maximum atomic E-state index is 9.66. The van der Waals surface area contributed by atoms with E-state index in [0.717, 1.165) is 11.5 Å². The van der Waals surface area contributed by atoms with Crippen LogP contribution in [0.2, 0.25) is 0 Å². The largest absolute Gasteiger partial charge is 0.389 e. The van der Waals surface area contributed by atoms with Crippen LogP contribution in [-0.4, -0.2) is 75.6 Å². The van der Waals surface area contributed by atoms with Crippen molar-refractivity contribution in [3.05, 3.63) is 0 Å². The highest BCUT2D eigenvalue weighted by molar-refractivity contribution is 8.76. The molecule has 0 aromatic carbocycles. The van der Waals surface area contributed by atoms with Gasteiger partial charge in [0.15, 0.2) is 0 Å². The van der Waals surface area contributed by atoms with E-state index in [4.69, 9.17) is 18.9 Å². The zero-order chi connectivity index (χ0) is 13.1. The molecule has 7 heteroatoms. The van der Waals surface area contributed by atoms with Crippen LogP contribution in [0.15, 0.2) is 0 Å². The minimum absolute atomic E-state index is 0.0576. The third-order valence-corrected chi connectivity index (χ3v) is 4.77. The monoisotopic (exact) mass is 298 g/mol. The lowest BCUT2D eigenvalue weighted by atomic mass is 10.2. The van der Waals surface area contributed by atoms with E-state index < -0.39 is 0 Å². The van der Waals surface area contributed by atoms with Gasteiger partial charge >= 0.3 is 0 Å². The summed E-state index contributed by atoms with van der Waals surface area (Å²) in [5, 5.41) is 9.66. The summed E-state index contributed by atoms with van der Waals surface area (Å²) in [5.41, 5.74) is 0. The van der Waals surface area contributed by atoms with E-state index >= 15 is 0 Å². The molecular formula is C11H22O5S2. The highest BCUT2D eigenvalue weighted by atomic mass is 33.1. The molecule has 0 aliphatic carbocycles. The van der Waals surface area contributed by atoms with E-state index in [1.165, 1.54) is 0 Å². The Morgan fingerprint density at radius 3 is 2.22 bits per heavy atom. The maximum absolute atomic E-state index is 9.66. The molecule has 108 valence electrons. The summed E-state index contributed by atoms with van der Waals surface area (Å²) >= 11 is 0. The number of ether oxygens (including phenoxy) is 4. The molecule has 0 radical (unpaired) electrons. The first-order valence-corrected chi connectivity index (χ1v) is 8.52. The highest BCUT2D eigenvalue weighted by Crippen LogP contribution is 2.30. The van der Waals surface area contributed by atoms with Crippen LogP contribution >= 0.6 is 21.6 Å². The summed E-state index contributed by atoms with van der Waals surface area (Å²) < 4.78 is 21.0. The lowest BCUT2D eigenvalue weighted by Crippen LogP contribution is -2.36. The van der Waals surface area contributed by atoms with Gasteiger partial charge in [-0.05, 0) is 0 Å². The van der Waals surface area contributed by atoms with Crippen LogP contribution in [0, 0.1) is 0 Å². The quantitative estimate of drug-likeness (QED) is 0.473. The fourth-order valence-electron chi connectivity index (χ4n) is 1.33. The molecule has 0 unspecified atom stereocenters. The molecular weight excluding hydrogens is 276 g/mol. The molecule has 0 amide bonds. The van der Waals surface area contributed by atoms with Crippen molar-refractivity contribution >= 4 is 21.6 Å². The summed E-state index contributed by atoms with van der Waals surface area (Å²) in [6, 6.07) is 0. The Kier molecular flexibility index (Phi) is 10.4. The number of aliphatic hydroxyl groups is 1. The molecule has 1 saturated heterocycles. The van der Waals surface area contributed by atoms with Crippen molar-refractivity contribution < 1.29 is 24.1 Å². The van der Waals surface area contributed by atoms with Gasteiger partial charge in [0.05, 0.1) is 51.8 Å². The molecule has 1 fully saturated rings. The van der Waals surface area contributed by atoms with Gasteiger partial charge in [-0.1, -0.05) is 21.6 Å². The van der Waals surface area contributed by atoms with Crippen LogP contribution in [-0.2, 0) is 18.9 Å². The topological polar surface area (TPSA) is 57.2 Å². The molecule has 2 atom stereocenters. The number of methoxy groups -OCH3 is 1. The Balaban J connectivity index is 1.83. The van der Waals surface area contributed by atoms with Crippen LogP contribution < -0.4 is 0 Å². The van der Waals surface area contributed by atoms with Crippen molar-refractivity contribution in [3.63, 3.8) is 0 Å². The summed E-state index contributed by atoms with van der Waals surface area (Å²) in [4.78, 5) is 0. The third kappa shape index (κ3) is 7.83. The van der Waals surface area contributed by atoms with Crippen molar-refractivity contribution in [2.45, 2.75) is 12.2 Å². The highest BCUT2D eigenvalue weighted by Gasteiger charge is 2.24. The number of rotatable bonds is 10. The molecule has 18 heavy (non-hydrogen) atoms. The predicted octanol–water partition coefficient (Wildman–Crippen LogP) is 0.807. The van der Waals surface area contributed by atoms with Crippen molar-refractivity contribution in [2.24, 2.45) is 0 Å². The van der Waals surface area contributed by atoms with Crippen LogP contribution in [0.3, 0.4) is 0 Å². The van der Waals surface area contributed by atoms with Gasteiger partial charge in [0.2, 0.25) is 0 Å². The van der Waals surface area contributed by atoms with E-state index in [2.05, 4.69) is 0 Å². The van der Waals surface area contributed by atoms with Gasteiger partial charge in [0.25, 0.3) is 0 Å². The molecule has 0 spiro atoms. The lowest BCUT2D eigenvalue weighted by Gasteiger charge is -2.26. The molecule has 1 aliphatic heterocycles. The Hall–Kier alpha value is 0.500. The molecule has 0 saturated carbocycles. The van der Waals surface area contributed by atoms with Gasteiger partial charge in [-0.25, -0.2) is 0 Å². The van der Waals surface area contributed by atoms with Crippen molar-refractivity contribution in [3.8, 4) is 0 Å². The second kappa shape index (κ2) is 11.3. The number of hydrogen-bond acceptors (Lipinski definition) is 7. The molecule has 1 N–H and O–H groups in total. The van der Waals surface area contributed by atoms with E-state index in [-0.39, 0.29) is 12.2 Å². The molecule has 1 aliphatic rings. The van der Waals surface area contributed by atoms with Crippen molar-refractivity contribution in [1.82, 2.24) is 0 Å². The zero-order valence-corrected chi connectivity index (χ0v) is 12.3. The standard InChI is InChI=1S/C11H22O5S2/c1-13-2-3-14-4-5-15-6-7-16-11-9-18-17-8-10(11)12/h10-12H,2-9H2,1H3/t10-,11-/m1/s1. The van der Waals surface area contributed by atoms with Crippen LogP contribution in [0.5, 0.6) is 0 Å². The van der Waals surface area contributed by atoms with Gasteiger partial charge in [0.1, 0.15) is 0 Å². The minimum atomic E-state index is -0.353. The SMILES string of the molecule is COCCOCCOCCO[C@@H]1CSSC[C@H]1O. The molecule has 0 aromatic rings. The molecule has 0 aromatic heterocycles. The van der Waals surface area contributed by atoms with Crippen LogP contribution in [0.25, 0.3) is 0 Å². The van der Waals surface area contributed by atoms with Crippen LogP contribution in [0.4, 0.5) is 0 Å². The first-order chi connectivity index (χ1) is 8.84. The maximum Gasteiger partial charge on any atom is 0.0941 e. The second-order valence-corrected chi connectivity index (χ2v) is 6.32. The number of hydrogen-bond donors (Lipinski definition) is 1. The van der Waals surface area contributed by atoms with E-state index in [0.29, 0.717) is 39.6 Å². The molecule has 1 heterocycles. The van der Waals surface area contributed by atoms with Crippen LogP contribution in [0.1, 0.15) is 0 Å². The Morgan fingerprint density at radius 2 is 1.56 bits per heavy atom. The normalized spacial score (nSPS) is 24.3. The van der Waals surface area contributed by atoms with Crippen molar-refractivity contribution in [2.75, 3.05) is 58.3 Å². The predicted molar refractivity (Wildman–Crippen MR) is 74.2 cm³/mol. The Bertz CT molecular complexity index is 196. The Morgan fingerprint density at radius 1 is 0.944 bits per heavy atom. The lowest BCUT2D eigenvalue weighted by molar-refractivity contribution is -0.0446. The fourth-order valence-corrected chi connectivity index (χ4v) is 3.73. The zero-order valence-electron chi connectivity index (χ0n) is 10.7. The smallest absolute Gasteiger partial charge is 0.0941 e. The molecule has 0 bridgehead atoms. The van der Waals surface area contributed by atoms with Gasteiger partial charge in [-0.15, -0.1) is 0 Å². The fraction of sp³-hybridized carbons (Fsp3) is 1.00. The van der Waals surface area contributed by atoms with E-state index in [1.54, 1.807) is 28.7 Å². The molecule has 1 rings (SSSR count). The Labute approximate surface area is 116 Å². The summed E-state index contributed by atoms with van der Waals surface area (Å²) in [7, 11) is 5.08. The first kappa shape index (κ1) is 16.6. The van der Waals surface area contributed by atoms with Gasteiger partial charge < -0.3 is 24.1 Å². The minimum Gasteiger partial charge on any atom is -0.389 e. The second-order valence-electron chi connectivity index (χ2n) is 3.76. The summed E-state index contributed by atoms with van der Waals surface area (Å²) in [6.07, 6.45) is -0.411. The average Bonchev–Trinajstić information content (AvgIpc) is 2.39. The van der Waals surface area contributed by atoms with E-state index in [1.807, 2.05) is 0 Å². The summed E-state index contributed by atoms with van der Waals surface area (Å²) in [5.74, 6) is 1.58. The first-order valence-electron chi connectivity index (χ1n) is 6.03. The molecule has 5 nitrogen and oxygen atoms in total. The van der Waals surface area contributed by atoms with E-state index in [9.17, 15) is 5.11 Å². The van der Waals surface area contributed by atoms with Gasteiger partial charge in [0, 0.05) is 18.6 Å². The third-order valence-electron chi connectivity index (χ3n) is 2.35. The average molecular weight is 298 g/mol. The van der Waals surface area contributed by atoms with Crippen molar-refractivity contribution in [1.29, 1.82) is 0 Å². The summed E-state index contributed by atoms with van der Waals surface area (Å²) in [6.45, 7) is 3.39. The van der Waals surface area contributed by atoms with Gasteiger partial charge in [-0.2, -0.15) is 0 Å².